The molecule has 0 aromatic heterocycles. The molecule has 0 N–H and O–H groups in total. The highest BCUT2D eigenvalue weighted by atomic mass is 35.5. The molecule has 1 aliphatic heterocycles. The van der Waals surface area contributed by atoms with Crippen LogP contribution in [0.4, 0.5) is 4.79 Å². The highest BCUT2D eigenvalue weighted by Gasteiger charge is 2.35. The first-order valence-corrected chi connectivity index (χ1v) is 13.1. The van der Waals surface area contributed by atoms with E-state index in [-0.39, 0.29) is 17.1 Å². The lowest BCUT2D eigenvalue weighted by Gasteiger charge is -2.27. The van der Waals surface area contributed by atoms with Crippen LogP contribution in [0.1, 0.15) is 50.0 Å². The normalized spacial score (nSPS) is 15.3. The van der Waals surface area contributed by atoms with E-state index >= 15 is 0 Å². The monoisotopic (exact) mass is 537 g/mol. The van der Waals surface area contributed by atoms with Crippen LogP contribution in [0.15, 0.2) is 47.4 Å². The number of esters is 1. The van der Waals surface area contributed by atoms with Gasteiger partial charge in [-0.3, -0.25) is 4.79 Å². The summed E-state index contributed by atoms with van der Waals surface area (Å²) < 4.78 is 43.0. The SMILES string of the molecule is CCOC(=O)C1CCc2cc(C(=O)CN(C(=O)OC(C)(C)C)S(=O)(=O)c3ccc(Cl)cc3)ccc2O1. The Morgan fingerprint density at radius 2 is 1.78 bits per heavy atom. The first-order valence-electron chi connectivity index (χ1n) is 11.3. The molecule has 11 heteroatoms. The van der Waals surface area contributed by atoms with Crippen molar-refractivity contribution >= 4 is 39.5 Å². The third-order valence-corrected chi connectivity index (χ3v) is 7.14. The van der Waals surface area contributed by atoms with Gasteiger partial charge in [-0.2, -0.15) is 4.31 Å². The Labute approximate surface area is 215 Å². The summed E-state index contributed by atoms with van der Waals surface area (Å²) in [6, 6.07) is 9.80. The molecule has 0 aliphatic carbocycles. The van der Waals surface area contributed by atoms with E-state index in [4.69, 9.17) is 25.8 Å². The van der Waals surface area contributed by atoms with E-state index in [1.54, 1.807) is 39.8 Å². The number of hydrogen-bond acceptors (Lipinski definition) is 8. The fourth-order valence-corrected chi connectivity index (χ4v) is 4.86. The lowest BCUT2D eigenvalue weighted by molar-refractivity contribution is -0.152. The predicted molar refractivity (Wildman–Crippen MR) is 132 cm³/mol. The van der Waals surface area contributed by atoms with E-state index in [9.17, 15) is 22.8 Å². The molecule has 36 heavy (non-hydrogen) atoms. The number of ether oxygens (including phenoxy) is 3. The quantitative estimate of drug-likeness (QED) is 0.377. The summed E-state index contributed by atoms with van der Waals surface area (Å²) in [6.07, 6.45) is -1.08. The van der Waals surface area contributed by atoms with Crippen LogP contribution in [0.5, 0.6) is 5.75 Å². The summed E-state index contributed by atoms with van der Waals surface area (Å²) in [7, 11) is -4.43. The Bertz CT molecular complexity index is 1250. The van der Waals surface area contributed by atoms with Crippen molar-refractivity contribution in [3.05, 3.63) is 58.6 Å². The summed E-state index contributed by atoms with van der Waals surface area (Å²) in [4.78, 5) is 37.8. The lowest BCUT2D eigenvalue weighted by Crippen LogP contribution is -2.43. The van der Waals surface area contributed by atoms with Gasteiger partial charge in [0.05, 0.1) is 11.5 Å². The van der Waals surface area contributed by atoms with Crippen LogP contribution in [0.3, 0.4) is 0 Å². The van der Waals surface area contributed by atoms with Gasteiger partial charge >= 0.3 is 12.1 Å². The van der Waals surface area contributed by atoms with E-state index < -0.39 is 46.1 Å². The minimum atomic E-state index is -4.43. The van der Waals surface area contributed by atoms with Gasteiger partial charge in [0.15, 0.2) is 11.9 Å². The average molecular weight is 538 g/mol. The average Bonchev–Trinajstić information content (AvgIpc) is 2.80. The molecule has 2 aromatic rings. The second-order valence-corrected chi connectivity index (χ2v) is 11.4. The highest BCUT2D eigenvalue weighted by molar-refractivity contribution is 7.89. The number of nitrogens with zero attached hydrogens (tertiary/aromatic N) is 1. The number of benzene rings is 2. The molecule has 1 aliphatic rings. The molecular formula is C25H28ClNO8S. The second kappa shape index (κ2) is 10.9. The summed E-state index contributed by atoms with van der Waals surface area (Å²) in [5.74, 6) is -0.633. The van der Waals surface area contributed by atoms with E-state index in [0.717, 1.165) is 0 Å². The standard InChI is InChI=1S/C25H28ClNO8S/c1-5-33-23(29)22-13-7-17-14-16(6-12-21(17)34-22)20(28)15-27(24(30)35-25(2,3)4)36(31,32)19-10-8-18(26)9-11-19/h6,8-12,14,22H,5,7,13,15H2,1-4H3. The molecule has 0 fully saturated rings. The molecule has 1 unspecified atom stereocenters. The number of halogens is 1. The van der Waals surface area contributed by atoms with Crippen molar-refractivity contribution in [2.45, 2.75) is 57.1 Å². The molecule has 1 atom stereocenters. The van der Waals surface area contributed by atoms with E-state index in [1.807, 2.05) is 0 Å². The first kappa shape index (κ1) is 27.5. The predicted octanol–water partition coefficient (Wildman–Crippen LogP) is 4.41. The maximum absolute atomic E-state index is 13.3. The lowest BCUT2D eigenvalue weighted by atomic mass is 9.98. The summed E-state index contributed by atoms with van der Waals surface area (Å²) in [5.41, 5.74) is -0.121. The third-order valence-electron chi connectivity index (χ3n) is 5.16. The maximum Gasteiger partial charge on any atom is 0.424 e. The van der Waals surface area contributed by atoms with Gasteiger partial charge in [0.25, 0.3) is 10.0 Å². The van der Waals surface area contributed by atoms with Gasteiger partial charge in [0.1, 0.15) is 17.9 Å². The molecule has 0 radical (unpaired) electrons. The van der Waals surface area contributed by atoms with Crippen molar-refractivity contribution < 1.29 is 37.0 Å². The van der Waals surface area contributed by atoms with Crippen molar-refractivity contribution in [2.75, 3.05) is 13.2 Å². The number of fused-ring (bicyclic) bond motifs is 1. The molecule has 0 saturated carbocycles. The summed E-state index contributed by atoms with van der Waals surface area (Å²) >= 11 is 5.87. The van der Waals surface area contributed by atoms with Gasteiger partial charge in [-0.25, -0.2) is 18.0 Å². The number of rotatable bonds is 7. The number of sulfonamides is 1. The van der Waals surface area contributed by atoms with Gasteiger partial charge < -0.3 is 14.2 Å². The third kappa shape index (κ3) is 6.55. The number of aryl methyl sites for hydroxylation is 1. The number of carbonyl (C=O) groups excluding carboxylic acids is 3. The zero-order valence-electron chi connectivity index (χ0n) is 20.4. The fraction of sp³-hybridized carbons (Fsp3) is 0.400. The van der Waals surface area contributed by atoms with Gasteiger partial charge in [-0.05, 0) is 88.6 Å². The summed E-state index contributed by atoms with van der Waals surface area (Å²) in [5, 5.41) is 0.315. The zero-order chi connectivity index (χ0) is 26.7. The fourth-order valence-electron chi connectivity index (χ4n) is 3.48. The molecular weight excluding hydrogens is 510 g/mol. The first-order chi connectivity index (χ1) is 16.8. The molecule has 1 amide bonds. The number of amides is 1. The minimum absolute atomic E-state index is 0.187. The van der Waals surface area contributed by atoms with Crippen molar-refractivity contribution in [1.29, 1.82) is 0 Å². The Morgan fingerprint density at radius 3 is 2.39 bits per heavy atom. The molecule has 1 heterocycles. The van der Waals surface area contributed by atoms with Gasteiger partial charge in [-0.15, -0.1) is 0 Å². The number of Topliss-reactive ketones (excluding diaryl/α,β-unsaturated/α-hetero) is 1. The zero-order valence-corrected chi connectivity index (χ0v) is 22.0. The molecule has 9 nitrogen and oxygen atoms in total. The van der Waals surface area contributed by atoms with Crippen LogP contribution < -0.4 is 4.74 Å². The topological polar surface area (TPSA) is 116 Å². The van der Waals surface area contributed by atoms with E-state index in [1.165, 1.54) is 30.3 Å². The van der Waals surface area contributed by atoms with Gasteiger partial charge in [0, 0.05) is 10.6 Å². The Kier molecular flexibility index (Phi) is 8.30. The van der Waals surface area contributed by atoms with Crippen LogP contribution in [0.25, 0.3) is 0 Å². The van der Waals surface area contributed by atoms with Crippen molar-refractivity contribution in [3.8, 4) is 5.75 Å². The van der Waals surface area contributed by atoms with E-state index in [0.29, 0.717) is 33.5 Å². The Morgan fingerprint density at radius 1 is 1.11 bits per heavy atom. The molecule has 3 rings (SSSR count). The molecule has 2 aromatic carbocycles. The van der Waals surface area contributed by atoms with Crippen molar-refractivity contribution in [2.24, 2.45) is 0 Å². The number of ketones is 1. The Balaban J connectivity index is 1.87. The highest BCUT2D eigenvalue weighted by Crippen LogP contribution is 2.30. The van der Waals surface area contributed by atoms with Crippen LogP contribution in [0, 0.1) is 0 Å². The molecule has 0 spiro atoms. The van der Waals surface area contributed by atoms with Gasteiger partial charge in [-0.1, -0.05) is 11.6 Å². The number of carbonyl (C=O) groups is 3. The molecule has 0 bridgehead atoms. The number of hydrogen-bond donors (Lipinski definition) is 0. The van der Waals surface area contributed by atoms with Crippen LogP contribution >= 0.6 is 11.6 Å². The van der Waals surface area contributed by atoms with Crippen molar-refractivity contribution in [1.82, 2.24) is 4.31 Å². The Hall–Kier alpha value is -3.11. The molecule has 0 saturated heterocycles. The van der Waals surface area contributed by atoms with Crippen LogP contribution in [-0.4, -0.2) is 55.4 Å². The van der Waals surface area contributed by atoms with Crippen LogP contribution in [0.2, 0.25) is 5.02 Å². The van der Waals surface area contributed by atoms with Gasteiger partial charge in [0.2, 0.25) is 0 Å². The molecule has 194 valence electrons. The largest absolute Gasteiger partial charge is 0.478 e. The second-order valence-electron chi connectivity index (χ2n) is 9.09. The maximum atomic E-state index is 13.3. The van der Waals surface area contributed by atoms with Crippen LogP contribution in [-0.2, 0) is 30.7 Å². The summed E-state index contributed by atoms with van der Waals surface area (Å²) in [6.45, 7) is 5.95. The van der Waals surface area contributed by atoms with E-state index in [2.05, 4.69) is 0 Å². The minimum Gasteiger partial charge on any atom is -0.478 e. The van der Waals surface area contributed by atoms with Crippen molar-refractivity contribution in [3.63, 3.8) is 0 Å². The smallest absolute Gasteiger partial charge is 0.424 e.